The molecule has 9 heteroatoms. The summed E-state index contributed by atoms with van der Waals surface area (Å²) in [7, 11) is -0.0257. The molecule has 1 saturated heterocycles. The molecular weight excluding hydrogens is 443 g/mol. The number of nitrogens with zero attached hydrogens (tertiary/aromatic N) is 3. The van der Waals surface area contributed by atoms with Crippen molar-refractivity contribution in [3.05, 3.63) is 59.5 Å². The van der Waals surface area contributed by atoms with Gasteiger partial charge < -0.3 is 10.2 Å². The van der Waals surface area contributed by atoms with Crippen LogP contribution in [0.2, 0.25) is 0 Å². The van der Waals surface area contributed by atoms with Crippen LogP contribution < -0.4 is 10.2 Å². The van der Waals surface area contributed by atoms with Gasteiger partial charge in [-0.3, -0.25) is 9.78 Å². The van der Waals surface area contributed by atoms with Crippen LogP contribution in [0.15, 0.2) is 47.4 Å². The van der Waals surface area contributed by atoms with Crippen LogP contribution in [0.5, 0.6) is 0 Å². The van der Waals surface area contributed by atoms with Crippen LogP contribution in [0.1, 0.15) is 35.3 Å². The highest BCUT2D eigenvalue weighted by Gasteiger charge is 2.27. The summed E-state index contributed by atoms with van der Waals surface area (Å²) in [4.78, 5) is 19.6. The van der Waals surface area contributed by atoms with Gasteiger partial charge in [0.1, 0.15) is 5.82 Å². The zero-order valence-corrected chi connectivity index (χ0v) is 19.7. The van der Waals surface area contributed by atoms with Crippen LogP contribution in [-0.4, -0.2) is 50.8 Å². The molecule has 0 radical (unpaired) electrons. The highest BCUT2D eigenvalue weighted by atomic mass is 32.2. The molecule has 0 aliphatic carbocycles. The van der Waals surface area contributed by atoms with Gasteiger partial charge in [0.2, 0.25) is 10.0 Å². The minimum Gasteiger partial charge on any atom is -0.376 e. The van der Waals surface area contributed by atoms with Gasteiger partial charge in [0.05, 0.1) is 27.4 Å². The molecule has 0 unspecified atom stereocenters. The Hall–Kier alpha value is -3.04. The van der Waals surface area contributed by atoms with Gasteiger partial charge in [-0.15, -0.1) is 0 Å². The maximum atomic E-state index is 13.7. The van der Waals surface area contributed by atoms with Gasteiger partial charge in [0.15, 0.2) is 0 Å². The maximum Gasteiger partial charge on any atom is 0.256 e. The fraction of sp³-hybridized carbons (Fsp3) is 0.333. The molecule has 3 aromatic rings. The van der Waals surface area contributed by atoms with E-state index in [1.54, 1.807) is 30.0 Å². The lowest BCUT2D eigenvalue weighted by Gasteiger charge is -2.26. The van der Waals surface area contributed by atoms with E-state index >= 15 is 0 Å². The van der Waals surface area contributed by atoms with Crippen LogP contribution in [0.3, 0.4) is 0 Å². The summed E-state index contributed by atoms with van der Waals surface area (Å²) in [6, 6.07) is 10.5. The lowest BCUT2D eigenvalue weighted by atomic mass is 10.1. The van der Waals surface area contributed by atoms with Gasteiger partial charge in [0, 0.05) is 44.3 Å². The average molecular weight is 471 g/mol. The molecule has 0 spiro atoms. The molecule has 0 atom stereocenters. The van der Waals surface area contributed by atoms with E-state index in [9.17, 15) is 17.6 Å². The number of hydrogen-bond donors (Lipinski definition) is 1. The van der Waals surface area contributed by atoms with Crippen LogP contribution in [0.25, 0.3) is 10.9 Å². The first-order valence-electron chi connectivity index (χ1n) is 10.9. The van der Waals surface area contributed by atoms with Crippen molar-refractivity contribution in [3.63, 3.8) is 0 Å². The molecule has 1 aromatic heterocycles. The van der Waals surface area contributed by atoms with Crippen molar-refractivity contribution in [1.29, 1.82) is 0 Å². The number of aromatic nitrogens is 1. The Morgan fingerprint density at radius 3 is 2.48 bits per heavy atom. The maximum absolute atomic E-state index is 13.7. The third kappa shape index (κ3) is 4.69. The Morgan fingerprint density at radius 2 is 1.79 bits per heavy atom. The number of rotatable bonds is 5. The number of sulfonamides is 1. The van der Waals surface area contributed by atoms with Gasteiger partial charge in [-0.1, -0.05) is 6.42 Å². The number of halogens is 1. The van der Waals surface area contributed by atoms with Gasteiger partial charge in [-0.2, -0.15) is 4.31 Å². The van der Waals surface area contributed by atoms with E-state index in [2.05, 4.69) is 10.3 Å². The fourth-order valence-electron chi connectivity index (χ4n) is 4.13. The molecule has 33 heavy (non-hydrogen) atoms. The predicted octanol–water partition coefficient (Wildman–Crippen LogP) is 4.18. The van der Waals surface area contributed by atoms with E-state index in [0.29, 0.717) is 46.6 Å². The molecule has 1 fully saturated rings. The van der Waals surface area contributed by atoms with Gasteiger partial charge in [-0.25, -0.2) is 12.8 Å². The molecular formula is C24H27FN4O3S. The SMILES string of the molecule is Cc1cc(C(=O)Nc2cc(S(=O)(=O)N3CCCCC3)ccc2N(C)C)c2ccc(F)cc2n1. The molecule has 4 rings (SSSR count). The first kappa shape index (κ1) is 23.1. The molecule has 2 aromatic carbocycles. The van der Waals surface area contributed by atoms with Gasteiger partial charge in [0.25, 0.3) is 5.91 Å². The number of aryl methyl sites for hydroxylation is 1. The lowest BCUT2D eigenvalue weighted by Crippen LogP contribution is -2.35. The number of pyridine rings is 1. The second-order valence-electron chi connectivity index (χ2n) is 8.46. The Morgan fingerprint density at radius 1 is 1.06 bits per heavy atom. The fourth-order valence-corrected chi connectivity index (χ4v) is 5.68. The number of carbonyl (C=O) groups is 1. The van der Waals surface area contributed by atoms with Gasteiger partial charge >= 0.3 is 0 Å². The summed E-state index contributed by atoms with van der Waals surface area (Å²) < 4.78 is 41.6. The van der Waals surface area contributed by atoms with Crippen molar-refractivity contribution in [3.8, 4) is 0 Å². The smallest absolute Gasteiger partial charge is 0.256 e. The van der Waals surface area contributed by atoms with Crippen molar-refractivity contribution < 1.29 is 17.6 Å². The Bertz CT molecular complexity index is 1310. The summed E-state index contributed by atoms with van der Waals surface area (Å²) in [5, 5.41) is 3.39. The van der Waals surface area contributed by atoms with E-state index in [1.807, 2.05) is 14.1 Å². The highest BCUT2D eigenvalue weighted by Crippen LogP contribution is 2.31. The molecule has 1 amide bonds. The van der Waals surface area contributed by atoms with Crippen LogP contribution in [0.4, 0.5) is 15.8 Å². The highest BCUT2D eigenvalue weighted by molar-refractivity contribution is 7.89. The molecule has 7 nitrogen and oxygen atoms in total. The summed E-state index contributed by atoms with van der Waals surface area (Å²) >= 11 is 0. The van der Waals surface area contributed by atoms with E-state index < -0.39 is 21.7 Å². The van der Waals surface area contributed by atoms with E-state index in [0.717, 1.165) is 19.3 Å². The van der Waals surface area contributed by atoms with E-state index in [1.165, 1.54) is 28.6 Å². The summed E-state index contributed by atoms with van der Waals surface area (Å²) in [5.74, 6) is -0.856. The minimum absolute atomic E-state index is 0.142. The topological polar surface area (TPSA) is 82.6 Å². The third-order valence-corrected chi connectivity index (χ3v) is 7.69. The largest absolute Gasteiger partial charge is 0.376 e. The number of fused-ring (bicyclic) bond motifs is 1. The molecule has 0 saturated carbocycles. The standard InChI is InChI=1S/C24H27FN4O3S/c1-16-13-20(19-9-7-17(25)14-21(19)26-16)24(30)27-22-15-18(8-10-23(22)28(2)3)33(31,32)29-11-5-4-6-12-29/h7-10,13-15H,4-6,11-12H2,1-3H3,(H,27,30). The van der Waals surface area contributed by atoms with E-state index in [-0.39, 0.29) is 4.90 Å². The molecule has 2 heterocycles. The van der Waals surface area contributed by atoms with E-state index in [4.69, 9.17) is 0 Å². The van der Waals surface area contributed by atoms with Crippen LogP contribution in [0, 0.1) is 12.7 Å². The normalized spacial score (nSPS) is 14.9. The zero-order valence-electron chi connectivity index (χ0n) is 18.9. The Balaban J connectivity index is 1.74. The molecule has 1 aliphatic heterocycles. The predicted molar refractivity (Wildman–Crippen MR) is 128 cm³/mol. The number of piperidine rings is 1. The summed E-state index contributed by atoms with van der Waals surface area (Å²) in [5.41, 5.74) is 2.35. The zero-order chi connectivity index (χ0) is 23.8. The quantitative estimate of drug-likeness (QED) is 0.605. The van der Waals surface area contributed by atoms with Crippen molar-refractivity contribution in [1.82, 2.24) is 9.29 Å². The molecule has 1 aliphatic rings. The monoisotopic (exact) mass is 470 g/mol. The summed E-state index contributed by atoms with van der Waals surface area (Å²) in [6.45, 7) is 2.73. The first-order chi connectivity index (χ1) is 15.7. The van der Waals surface area contributed by atoms with Crippen molar-refractivity contribution in [2.24, 2.45) is 0 Å². The lowest BCUT2D eigenvalue weighted by molar-refractivity contribution is 0.102. The number of amides is 1. The third-order valence-electron chi connectivity index (χ3n) is 5.80. The number of anilines is 2. The van der Waals surface area contributed by atoms with Crippen LogP contribution in [-0.2, 0) is 10.0 Å². The first-order valence-corrected chi connectivity index (χ1v) is 12.3. The molecule has 1 N–H and O–H groups in total. The number of benzene rings is 2. The number of carbonyl (C=O) groups excluding carboxylic acids is 1. The molecule has 0 bridgehead atoms. The Kier molecular flexibility index (Phi) is 6.36. The summed E-state index contributed by atoms with van der Waals surface area (Å²) in [6.07, 6.45) is 2.71. The minimum atomic E-state index is -3.66. The average Bonchev–Trinajstić information content (AvgIpc) is 2.78. The molecule has 174 valence electrons. The van der Waals surface area contributed by atoms with Crippen molar-refractivity contribution in [2.45, 2.75) is 31.1 Å². The Labute approximate surface area is 193 Å². The van der Waals surface area contributed by atoms with Crippen LogP contribution >= 0.6 is 0 Å². The van der Waals surface area contributed by atoms with Gasteiger partial charge in [-0.05, 0) is 56.2 Å². The second kappa shape index (κ2) is 9.07. The van der Waals surface area contributed by atoms with Crippen molar-refractivity contribution in [2.75, 3.05) is 37.4 Å². The second-order valence-corrected chi connectivity index (χ2v) is 10.4. The number of hydrogen-bond acceptors (Lipinski definition) is 5. The van der Waals surface area contributed by atoms with Crippen molar-refractivity contribution >= 4 is 38.2 Å². The number of nitrogens with one attached hydrogen (secondary N) is 1.